The van der Waals surface area contributed by atoms with Crippen LogP contribution in [-0.4, -0.2) is 61.6 Å². The van der Waals surface area contributed by atoms with Crippen molar-refractivity contribution in [2.45, 2.75) is 64.4 Å². The molecule has 1 heterocycles. The third-order valence-corrected chi connectivity index (χ3v) is 6.50. The number of nitrogens with two attached hydrogens (primary N) is 1. The van der Waals surface area contributed by atoms with Crippen molar-refractivity contribution in [1.82, 2.24) is 4.90 Å². The van der Waals surface area contributed by atoms with Crippen LogP contribution in [0, 0.1) is 0 Å². The topological polar surface area (TPSA) is 85.0 Å². The summed E-state index contributed by atoms with van der Waals surface area (Å²) in [4.78, 5) is 13.3. The number of β-amino-alcohol motifs (C(OH)–C–C–N with tert-alkyl or cyclic N) is 1. The van der Waals surface area contributed by atoms with Gasteiger partial charge in [-0.1, -0.05) is 37.6 Å². The predicted molar refractivity (Wildman–Crippen MR) is 108 cm³/mol. The molecular weight excluding hydrogens is 359 g/mol. The molecule has 1 rings (SSSR count). The molecule has 1 amide bonds. The van der Waals surface area contributed by atoms with Gasteiger partial charge in [0.25, 0.3) is 0 Å². The van der Waals surface area contributed by atoms with E-state index in [9.17, 15) is 9.90 Å². The lowest BCUT2D eigenvalue weighted by molar-refractivity contribution is -0.130. The summed E-state index contributed by atoms with van der Waals surface area (Å²) in [5, 5.41) is 9.25. The quantitative estimate of drug-likeness (QED) is 0.388. The third kappa shape index (κ3) is 13.9. The van der Waals surface area contributed by atoms with Crippen LogP contribution in [0.1, 0.15) is 58.3 Å². The highest BCUT2D eigenvalue weighted by atomic mass is 32.7. The summed E-state index contributed by atoms with van der Waals surface area (Å²) in [6, 6.07) is 0. The maximum atomic E-state index is 11.5. The Morgan fingerprint density at radius 3 is 2.60 bits per heavy atom. The van der Waals surface area contributed by atoms with Crippen LogP contribution in [0.3, 0.4) is 0 Å². The Balaban J connectivity index is 0.000000477. The number of aliphatic hydroxyl groups excluding tert-OH is 1. The second kappa shape index (κ2) is 17.5. The first-order valence-electron chi connectivity index (χ1n) is 9.26. The molecule has 0 bridgehead atoms. The Morgan fingerprint density at radius 1 is 1.32 bits per heavy atom. The summed E-state index contributed by atoms with van der Waals surface area (Å²) in [7, 11) is 1.04. The fraction of sp³-hybridized carbons (Fsp3) is 0.941. The number of nitrogens with zero attached hydrogens (tertiary/aromatic N) is 1. The number of hydrogen-bond donors (Lipinski definition) is 2. The Labute approximate surface area is 158 Å². The van der Waals surface area contributed by atoms with E-state index in [0.29, 0.717) is 19.5 Å². The molecule has 1 fully saturated rings. The van der Waals surface area contributed by atoms with E-state index in [4.69, 9.17) is 14.8 Å². The lowest BCUT2D eigenvalue weighted by Crippen LogP contribution is -2.29. The Hall–Kier alpha value is 0.0900. The SMILES string of the molecule is CCCCCOP(OC)SC.NCCCCCC(=O)N1CCC(O)C1. The maximum absolute atomic E-state index is 11.5. The number of rotatable bonds is 12. The summed E-state index contributed by atoms with van der Waals surface area (Å²) in [5.74, 6) is 0.179. The number of hydrogen-bond acceptors (Lipinski definition) is 6. The highest BCUT2D eigenvalue weighted by Gasteiger charge is 2.23. The zero-order valence-electron chi connectivity index (χ0n) is 16.1. The molecule has 0 saturated carbocycles. The van der Waals surface area contributed by atoms with Gasteiger partial charge in [0.2, 0.25) is 13.5 Å². The van der Waals surface area contributed by atoms with Gasteiger partial charge in [-0.25, -0.2) is 0 Å². The molecular formula is C17H37N2O4PS. The number of likely N-dealkylation sites (tertiary alicyclic amines) is 1. The summed E-state index contributed by atoms with van der Waals surface area (Å²) in [5.41, 5.74) is 5.36. The highest BCUT2D eigenvalue weighted by molar-refractivity contribution is 8.52. The van der Waals surface area contributed by atoms with Gasteiger partial charge in [0.15, 0.2) is 0 Å². The van der Waals surface area contributed by atoms with Gasteiger partial charge in [-0.15, -0.1) is 0 Å². The van der Waals surface area contributed by atoms with Crippen molar-refractivity contribution in [2.75, 3.05) is 39.6 Å². The molecule has 1 aliphatic heterocycles. The van der Waals surface area contributed by atoms with E-state index in [1.807, 2.05) is 6.26 Å². The van der Waals surface area contributed by atoms with E-state index in [0.717, 1.165) is 45.3 Å². The zero-order valence-corrected chi connectivity index (χ0v) is 17.8. The first-order chi connectivity index (χ1) is 12.1. The summed E-state index contributed by atoms with van der Waals surface area (Å²) in [6.45, 7) is 4.98. The van der Waals surface area contributed by atoms with Gasteiger partial charge < -0.3 is 24.8 Å². The van der Waals surface area contributed by atoms with Crippen LogP contribution in [-0.2, 0) is 13.8 Å². The third-order valence-electron chi connectivity index (χ3n) is 3.85. The largest absolute Gasteiger partial charge is 0.391 e. The lowest BCUT2D eigenvalue weighted by Gasteiger charge is -2.14. The molecule has 3 N–H and O–H groups in total. The molecule has 1 saturated heterocycles. The van der Waals surface area contributed by atoms with Crippen LogP contribution in [0.4, 0.5) is 0 Å². The summed E-state index contributed by atoms with van der Waals surface area (Å²) in [6.07, 6.45) is 9.63. The standard InChI is InChI=1S/C10H20N2O2.C7H17O2PS/c11-6-3-1-2-4-10(14)12-7-5-9(13)8-12;1-4-5-6-7-9-10(8-2)11-3/h9,13H,1-8,11H2;4-7H2,1-3H3. The minimum Gasteiger partial charge on any atom is -0.391 e. The first kappa shape index (κ1) is 25.1. The Morgan fingerprint density at radius 2 is 2.08 bits per heavy atom. The van der Waals surface area contributed by atoms with E-state index in [-0.39, 0.29) is 12.0 Å². The van der Waals surface area contributed by atoms with Crippen molar-refractivity contribution >= 4 is 24.9 Å². The summed E-state index contributed by atoms with van der Waals surface area (Å²) >= 11 is 1.65. The summed E-state index contributed by atoms with van der Waals surface area (Å²) < 4.78 is 10.5. The maximum Gasteiger partial charge on any atom is 0.237 e. The van der Waals surface area contributed by atoms with E-state index in [1.165, 1.54) is 12.8 Å². The molecule has 0 radical (unpaired) electrons. The Kier molecular flexibility index (Phi) is 17.6. The second-order valence-corrected chi connectivity index (χ2v) is 9.44. The van der Waals surface area contributed by atoms with E-state index >= 15 is 0 Å². The smallest absolute Gasteiger partial charge is 0.237 e. The molecule has 0 spiro atoms. The molecule has 0 aliphatic carbocycles. The molecule has 2 unspecified atom stereocenters. The molecule has 0 aromatic rings. The van der Waals surface area contributed by atoms with Crippen LogP contribution in [0.25, 0.3) is 0 Å². The van der Waals surface area contributed by atoms with Crippen LogP contribution in [0.2, 0.25) is 0 Å². The van der Waals surface area contributed by atoms with Gasteiger partial charge in [0.1, 0.15) is 0 Å². The number of aliphatic hydroxyl groups is 1. The van der Waals surface area contributed by atoms with Gasteiger partial charge in [-0.05, 0) is 38.5 Å². The minimum atomic E-state index is -0.656. The van der Waals surface area contributed by atoms with Crippen LogP contribution in [0.5, 0.6) is 0 Å². The van der Waals surface area contributed by atoms with Crippen LogP contribution >= 0.6 is 19.0 Å². The van der Waals surface area contributed by atoms with E-state index in [2.05, 4.69) is 6.92 Å². The molecule has 25 heavy (non-hydrogen) atoms. The first-order valence-corrected chi connectivity index (χ1v) is 12.3. The number of carbonyl (C=O) groups excluding carboxylic acids is 1. The number of carbonyl (C=O) groups is 1. The molecule has 6 nitrogen and oxygen atoms in total. The number of amides is 1. The van der Waals surface area contributed by atoms with Crippen molar-refractivity contribution in [3.05, 3.63) is 0 Å². The normalized spacial score (nSPS) is 18.0. The van der Waals surface area contributed by atoms with Gasteiger partial charge >= 0.3 is 0 Å². The highest BCUT2D eigenvalue weighted by Crippen LogP contribution is 2.49. The average Bonchev–Trinajstić information content (AvgIpc) is 3.06. The minimum absolute atomic E-state index is 0.179. The lowest BCUT2D eigenvalue weighted by atomic mass is 10.2. The fourth-order valence-corrected chi connectivity index (χ4v) is 4.02. The Bertz CT molecular complexity index is 323. The van der Waals surface area contributed by atoms with Crippen molar-refractivity contribution in [3.8, 4) is 0 Å². The van der Waals surface area contributed by atoms with E-state index < -0.39 is 7.58 Å². The van der Waals surface area contributed by atoms with Gasteiger partial charge in [-0.3, -0.25) is 4.79 Å². The molecule has 0 aromatic carbocycles. The predicted octanol–water partition coefficient (Wildman–Crippen LogP) is 3.53. The molecule has 0 aromatic heterocycles. The average molecular weight is 397 g/mol. The zero-order chi connectivity index (χ0) is 18.9. The second-order valence-electron chi connectivity index (χ2n) is 6.01. The van der Waals surface area contributed by atoms with Crippen molar-refractivity contribution in [2.24, 2.45) is 5.73 Å². The van der Waals surface area contributed by atoms with Crippen LogP contribution < -0.4 is 5.73 Å². The van der Waals surface area contributed by atoms with E-state index in [1.54, 1.807) is 23.4 Å². The monoisotopic (exact) mass is 396 g/mol. The molecule has 2 atom stereocenters. The molecule has 150 valence electrons. The van der Waals surface area contributed by atoms with Gasteiger partial charge in [0.05, 0.1) is 12.7 Å². The van der Waals surface area contributed by atoms with Gasteiger partial charge in [0, 0.05) is 26.6 Å². The van der Waals surface area contributed by atoms with Gasteiger partial charge in [-0.2, -0.15) is 0 Å². The molecule has 1 aliphatic rings. The van der Waals surface area contributed by atoms with Crippen molar-refractivity contribution < 1.29 is 18.9 Å². The van der Waals surface area contributed by atoms with Crippen LogP contribution in [0.15, 0.2) is 0 Å². The number of unbranched alkanes of at least 4 members (excludes halogenated alkanes) is 4. The molecule has 8 heteroatoms. The fourth-order valence-electron chi connectivity index (χ4n) is 2.39. The van der Waals surface area contributed by atoms with Crippen molar-refractivity contribution in [3.63, 3.8) is 0 Å². The van der Waals surface area contributed by atoms with Crippen molar-refractivity contribution in [1.29, 1.82) is 0 Å².